The topological polar surface area (TPSA) is 89.5 Å². The molecular formula is C12H17N3O3. The summed E-state index contributed by atoms with van der Waals surface area (Å²) in [6, 6.07) is 4.18. The van der Waals surface area contributed by atoms with Crippen LogP contribution < -0.4 is 5.73 Å². The van der Waals surface area contributed by atoms with Gasteiger partial charge in [0.2, 0.25) is 0 Å². The van der Waals surface area contributed by atoms with E-state index in [0.29, 0.717) is 0 Å². The average molecular weight is 251 g/mol. The molecule has 6 heteroatoms. The number of rotatable bonds is 4. The van der Waals surface area contributed by atoms with Gasteiger partial charge in [-0.3, -0.25) is 14.9 Å². The number of carbonyl (C=O) groups excluding carboxylic acids is 1. The first-order chi connectivity index (χ1) is 8.38. The number of nitrogens with zero attached hydrogens (tertiary/aromatic N) is 2. The fourth-order valence-corrected chi connectivity index (χ4v) is 1.51. The molecule has 0 aliphatic heterocycles. The highest BCUT2D eigenvalue weighted by Gasteiger charge is 2.20. The number of nitrogen functional groups attached to an aromatic ring is 1. The Balaban J connectivity index is 3.07. The molecule has 0 heterocycles. The van der Waals surface area contributed by atoms with E-state index in [9.17, 15) is 14.9 Å². The molecule has 98 valence electrons. The molecule has 0 aliphatic carbocycles. The smallest absolute Gasteiger partial charge is 0.292 e. The molecule has 1 aromatic carbocycles. The van der Waals surface area contributed by atoms with Gasteiger partial charge in [-0.2, -0.15) is 0 Å². The molecule has 18 heavy (non-hydrogen) atoms. The summed E-state index contributed by atoms with van der Waals surface area (Å²) in [7, 11) is 1.68. The summed E-state index contributed by atoms with van der Waals surface area (Å²) in [4.78, 5) is 23.8. The van der Waals surface area contributed by atoms with Crippen molar-refractivity contribution in [3.63, 3.8) is 0 Å². The van der Waals surface area contributed by atoms with Crippen molar-refractivity contribution in [3.05, 3.63) is 33.9 Å². The highest BCUT2D eigenvalue weighted by Crippen LogP contribution is 2.23. The van der Waals surface area contributed by atoms with Crippen LogP contribution in [0.25, 0.3) is 0 Å². The number of hydrogen-bond acceptors (Lipinski definition) is 4. The first kappa shape index (κ1) is 14.0. The number of nitro benzene ring substituents is 1. The van der Waals surface area contributed by atoms with Gasteiger partial charge in [0.25, 0.3) is 11.6 Å². The van der Waals surface area contributed by atoms with Gasteiger partial charge in [0.15, 0.2) is 0 Å². The molecule has 1 unspecified atom stereocenters. The van der Waals surface area contributed by atoms with Crippen LogP contribution in [0.2, 0.25) is 0 Å². The summed E-state index contributed by atoms with van der Waals surface area (Å²) in [5, 5.41) is 10.8. The number of amides is 1. The van der Waals surface area contributed by atoms with E-state index < -0.39 is 4.92 Å². The molecule has 1 rings (SSSR count). The Morgan fingerprint density at radius 2 is 2.17 bits per heavy atom. The van der Waals surface area contributed by atoms with Crippen LogP contribution in [0.15, 0.2) is 18.2 Å². The zero-order chi connectivity index (χ0) is 13.9. The molecule has 6 nitrogen and oxygen atoms in total. The monoisotopic (exact) mass is 251 g/mol. The minimum Gasteiger partial charge on any atom is -0.393 e. The number of nitrogens with two attached hydrogens (primary N) is 1. The first-order valence-electron chi connectivity index (χ1n) is 5.69. The number of nitro groups is 1. The van der Waals surface area contributed by atoms with Crippen molar-refractivity contribution < 1.29 is 9.72 Å². The van der Waals surface area contributed by atoms with Crippen LogP contribution in [0.1, 0.15) is 30.6 Å². The second-order valence-electron chi connectivity index (χ2n) is 4.20. The fraction of sp³-hybridized carbons (Fsp3) is 0.417. The van der Waals surface area contributed by atoms with E-state index in [1.807, 2.05) is 13.8 Å². The van der Waals surface area contributed by atoms with Gasteiger partial charge in [0, 0.05) is 24.7 Å². The standard InChI is InChI=1S/C12H17N3O3/c1-4-8(2)14(3)12(16)9-5-6-10(13)11(7-9)15(17)18/h5-8H,4,13H2,1-3H3. The highest BCUT2D eigenvalue weighted by atomic mass is 16.6. The molecule has 0 radical (unpaired) electrons. The molecule has 1 amide bonds. The van der Waals surface area contributed by atoms with E-state index in [-0.39, 0.29) is 28.9 Å². The lowest BCUT2D eigenvalue weighted by molar-refractivity contribution is -0.383. The van der Waals surface area contributed by atoms with Crippen LogP contribution in [0.3, 0.4) is 0 Å². The zero-order valence-electron chi connectivity index (χ0n) is 10.7. The van der Waals surface area contributed by atoms with Crippen molar-refractivity contribution in [2.75, 3.05) is 12.8 Å². The summed E-state index contributed by atoms with van der Waals surface area (Å²) < 4.78 is 0. The van der Waals surface area contributed by atoms with E-state index in [1.165, 1.54) is 18.2 Å². The Kier molecular flexibility index (Phi) is 4.25. The van der Waals surface area contributed by atoms with Crippen molar-refractivity contribution >= 4 is 17.3 Å². The van der Waals surface area contributed by atoms with E-state index >= 15 is 0 Å². The van der Waals surface area contributed by atoms with Gasteiger partial charge in [0.05, 0.1) is 4.92 Å². The largest absolute Gasteiger partial charge is 0.393 e. The van der Waals surface area contributed by atoms with Gasteiger partial charge in [0.1, 0.15) is 5.69 Å². The Hall–Kier alpha value is -2.11. The molecule has 0 saturated carbocycles. The van der Waals surface area contributed by atoms with Crippen LogP contribution >= 0.6 is 0 Å². The molecule has 0 saturated heterocycles. The maximum Gasteiger partial charge on any atom is 0.292 e. The quantitative estimate of drug-likeness (QED) is 0.503. The summed E-state index contributed by atoms with van der Waals surface area (Å²) in [6.07, 6.45) is 0.819. The number of anilines is 1. The van der Waals surface area contributed by atoms with E-state index in [2.05, 4.69) is 0 Å². The Morgan fingerprint density at radius 3 is 2.67 bits per heavy atom. The Labute approximate surface area is 106 Å². The normalized spacial score (nSPS) is 11.9. The van der Waals surface area contributed by atoms with Gasteiger partial charge in [-0.25, -0.2) is 0 Å². The molecule has 0 bridgehead atoms. The second kappa shape index (κ2) is 5.48. The first-order valence-corrected chi connectivity index (χ1v) is 5.69. The van der Waals surface area contributed by atoms with Crippen molar-refractivity contribution in [2.45, 2.75) is 26.3 Å². The van der Waals surface area contributed by atoms with Crippen LogP contribution in [-0.2, 0) is 0 Å². The second-order valence-corrected chi connectivity index (χ2v) is 4.20. The molecule has 0 spiro atoms. The Morgan fingerprint density at radius 1 is 1.56 bits per heavy atom. The molecule has 1 aromatic rings. The molecule has 0 fully saturated rings. The summed E-state index contributed by atoms with van der Waals surface area (Å²) in [6.45, 7) is 3.89. The maximum atomic E-state index is 12.1. The van der Waals surface area contributed by atoms with E-state index in [0.717, 1.165) is 6.42 Å². The number of benzene rings is 1. The SMILES string of the molecule is CCC(C)N(C)C(=O)c1ccc(N)c([N+](=O)[O-])c1. The van der Waals surface area contributed by atoms with Crippen molar-refractivity contribution in [1.29, 1.82) is 0 Å². The lowest BCUT2D eigenvalue weighted by Gasteiger charge is -2.23. The fourth-order valence-electron chi connectivity index (χ4n) is 1.51. The summed E-state index contributed by atoms with van der Waals surface area (Å²) in [5.41, 5.74) is 5.58. The van der Waals surface area contributed by atoms with Crippen molar-refractivity contribution in [1.82, 2.24) is 4.90 Å². The summed E-state index contributed by atoms with van der Waals surface area (Å²) >= 11 is 0. The maximum absolute atomic E-state index is 12.1. The van der Waals surface area contributed by atoms with Gasteiger partial charge >= 0.3 is 0 Å². The predicted octanol–water partition coefficient (Wildman–Crippen LogP) is 2.05. The van der Waals surface area contributed by atoms with Crippen LogP contribution in [0.4, 0.5) is 11.4 Å². The third kappa shape index (κ3) is 2.77. The van der Waals surface area contributed by atoms with Crippen LogP contribution in [-0.4, -0.2) is 28.8 Å². The van der Waals surface area contributed by atoms with E-state index in [1.54, 1.807) is 11.9 Å². The number of hydrogen-bond donors (Lipinski definition) is 1. The Bertz CT molecular complexity index is 474. The van der Waals surface area contributed by atoms with Crippen molar-refractivity contribution in [2.24, 2.45) is 0 Å². The predicted molar refractivity (Wildman–Crippen MR) is 69.4 cm³/mol. The van der Waals surface area contributed by atoms with Gasteiger partial charge in [-0.05, 0) is 25.5 Å². The third-order valence-corrected chi connectivity index (χ3v) is 3.05. The van der Waals surface area contributed by atoms with Gasteiger partial charge in [-0.15, -0.1) is 0 Å². The zero-order valence-corrected chi connectivity index (χ0v) is 10.7. The van der Waals surface area contributed by atoms with Crippen molar-refractivity contribution in [3.8, 4) is 0 Å². The minimum absolute atomic E-state index is 0.0581. The lowest BCUT2D eigenvalue weighted by atomic mass is 10.1. The average Bonchev–Trinajstić information content (AvgIpc) is 2.36. The molecule has 0 aliphatic rings. The summed E-state index contributed by atoms with van der Waals surface area (Å²) in [5.74, 6) is -0.243. The number of carbonyl (C=O) groups is 1. The lowest BCUT2D eigenvalue weighted by Crippen LogP contribution is -2.34. The molecular weight excluding hydrogens is 234 g/mol. The van der Waals surface area contributed by atoms with Gasteiger partial charge < -0.3 is 10.6 Å². The minimum atomic E-state index is -0.588. The van der Waals surface area contributed by atoms with Crippen LogP contribution in [0.5, 0.6) is 0 Å². The van der Waals surface area contributed by atoms with E-state index in [4.69, 9.17) is 5.73 Å². The molecule has 2 N–H and O–H groups in total. The highest BCUT2D eigenvalue weighted by molar-refractivity contribution is 5.95. The third-order valence-electron chi connectivity index (χ3n) is 3.05. The molecule has 0 aromatic heterocycles. The van der Waals surface area contributed by atoms with Crippen LogP contribution in [0, 0.1) is 10.1 Å². The van der Waals surface area contributed by atoms with Gasteiger partial charge in [-0.1, -0.05) is 6.92 Å². The molecule has 1 atom stereocenters.